The Labute approximate surface area is 114 Å². The third-order valence-electron chi connectivity index (χ3n) is 5.40. The molecule has 0 aromatic heterocycles. The van der Waals surface area contributed by atoms with Crippen LogP contribution in [-0.2, 0) is 0 Å². The number of rotatable bonds is 5. The Bertz CT molecular complexity index is 241. The molecule has 1 nitrogen and oxygen atoms in total. The fourth-order valence-electron chi connectivity index (χ4n) is 3.58. The molecule has 0 aliphatic heterocycles. The lowest BCUT2D eigenvalue weighted by molar-refractivity contribution is 0.148. The second kappa shape index (κ2) is 5.94. The predicted octanol–water partition coefficient (Wildman–Crippen LogP) is 4.47. The lowest BCUT2D eigenvalue weighted by Gasteiger charge is -2.37. The predicted molar refractivity (Wildman–Crippen MR) is 79.7 cm³/mol. The molecule has 1 atom stereocenters. The van der Waals surface area contributed by atoms with E-state index in [0.29, 0.717) is 5.41 Å². The van der Waals surface area contributed by atoms with Gasteiger partial charge in [-0.25, -0.2) is 0 Å². The molecule has 0 saturated heterocycles. The summed E-state index contributed by atoms with van der Waals surface area (Å²) in [5.41, 5.74) is 0.527. The largest absolute Gasteiger partial charge is 0.316 e. The van der Waals surface area contributed by atoms with Crippen molar-refractivity contribution in [1.82, 2.24) is 5.32 Å². The monoisotopic (exact) mass is 251 g/mol. The van der Waals surface area contributed by atoms with E-state index in [4.69, 9.17) is 0 Å². The first kappa shape index (κ1) is 14.4. The first-order valence-electron chi connectivity index (χ1n) is 8.17. The summed E-state index contributed by atoms with van der Waals surface area (Å²) in [7, 11) is 0. The van der Waals surface area contributed by atoms with Crippen LogP contribution in [0.25, 0.3) is 0 Å². The maximum Gasteiger partial charge on any atom is -0.00204 e. The molecule has 2 rings (SSSR count). The van der Waals surface area contributed by atoms with Crippen LogP contribution in [0.5, 0.6) is 0 Å². The van der Waals surface area contributed by atoms with E-state index in [2.05, 4.69) is 33.0 Å². The quantitative estimate of drug-likeness (QED) is 0.760. The fraction of sp³-hybridized carbons (Fsp3) is 1.00. The second-order valence-corrected chi connectivity index (χ2v) is 8.06. The van der Waals surface area contributed by atoms with Gasteiger partial charge in [0.25, 0.3) is 0 Å². The van der Waals surface area contributed by atoms with Crippen LogP contribution in [0.4, 0.5) is 0 Å². The van der Waals surface area contributed by atoms with Crippen molar-refractivity contribution in [2.45, 2.75) is 66.2 Å². The maximum absolute atomic E-state index is 3.73. The number of hydrogen-bond acceptors (Lipinski definition) is 1. The molecule has 0 heterocycles. The van der Waals surface area contributed by atoms with Gasteiger partial charge in [0, 0.05) is 0 Å². The molecular formula is C17H33N. The van der Waals surface area contributed by atoms with Gasteiger partial charge in [-0.2, -0.15) is 0 Å². The normalized spacial score (nSPS) is 31.3. The summed E-state index contributed by atoms with van der Waals surface area (Å²) in [5.74, 6) is 3.87. The zero-order valence-corrected chi connectivity index (χ0v) is 13.0. The van der Waals surface area contributed by atoms with E-state index >= 15 is 0 Å². The van der Waals surface area contributed by atoms with Gasteiger partial charge in [0.15, 0.2) is 0 Å². The highest BCUT2D eigenvalue weighted by atomic mass is 14.9. The third-order valence-corrected chi connectivity index (χ3v) is 5.40. The van der Waals surface area contributed by atoms with E-state index in [0.717, 1.165) is 23.7 Å². The summed E-state index contributed by atoms with van der Waals surface area (Å²) < 4.78 is 0. The topological polar surface area (TPSA) is 12.0 Å². The minimum absolute atomic E-state index is 0.527. The molecule has 0 aromatic rings. The molecule has 1 heteroatoms. The van der Waals surface area contributed by atoms with Crippen molar-refractivity contribution in [3.05, 3.63) is 0 Å². The van der Waals surface area contributed by atoms with E-state index in [-0.39, 0.29) is 0 Å². The Hall–Kier alpha value is -0.0400. The average molecular weight is 251 g/mol. The Morgan fingerprint density at radius 3 is 2.11 bits per heavy atom. The van der Waals surface area contributed by atoms with Crippen LogP contribution in [0.2, 0.25) is 0 Å². The van der Waals surface area contributed by atoms with E-state index in [1.54, 1.807) is 0 Å². The van der Waals surface area contributed by atoms with Crippen LogP contribution in [0.15, 0.2) is 0 Å². The molecule has 2 aliphatic carbocycles. The zero-order valence-electron chi connectivity index (χ0n) is 13.0. The van der Waals surface area contributed by atoms with E-state index in [9.17, 15) is 0 Å². The Balaban J connectivity index is 1.58. The lowest BCUT2D eigenvalue weighted by atomic mass is 9.70. The summed E-state index contributed by atoms with van der Waals surface area (Å²) >= 11 is 0. The molecule has 0 aromatic carbocycles. The molecule has 2 saturated carbocycles. The molecule has 18 heavy (non-hydrogen) atoms. The average Bonchev–Trinajstić information content (AvgIpc) is 3.12. The van der Waals surface area contributed by atoms with Crippen LogP contribution in [-0.4, -0.2) is 13.1 Å². The molecule has 0 bridgehead atoms. The Kier molecular flexibility index (Phi) is 4.75. The molecule has 106 valence electrons. The van der Waals surface area contributed by atoms with Crippen molar-refractivity contribution in [3.63, 3.8) is 0 Å². The summed E-state index contributed by atoms with van der Waals surface area (Å²) in [6.45, 7) is 12.2. The number of hydrogen-bond donors (Lipinski definition) is 1. The molecule has 2 aliphatic rings. The van der Waals surface area contributed by atoms with Crippen molar-refractivity contribution in [3.8, 4) is 0 Å². The maximum atomic E-state index is 3.73. The Morgan fingerprint density at radius 1 is 1.00 bits per heavy atom. The lowest BCUT2D eigenvalue weighted by Crippen LogP contribution is -2.32. The summed E-state index contributed by atoms with van der Waals surface area (Å²) in [6.07, 6.45) is 8.78. The fourth-order valence-corrected chi connectivity index (χ4v) is 3.58. The zero-order chi connectivity index (χ0) is 13.2. The highest BCUT2D eigenvalue weighted by Gasteiger charge is 2.30. The molecule has 0 amide bonds. The highest BCUT2D eigenvalue weighted by Crippen LogP contribution is 2.39. The molecule has 1 N–H and O–H groups in total. The van der Waals surface area contributed by atoms with Crippen LogP contribution in [0, 0.1) is 29.1 Å². The van der Waals surface area contributed by atoms with E-state index in [1.807, 2.05) is 0 Å². The van der Waals surface area contributed by atoms with Gasteiger partial charge in [-0.3, -0.25) is 0 Å². The van der Waals surface area contributed by atoms with Crippen molar-refractivity contribution in [2.24, 2.45) is 29.1 Å². The van der Waals surface area contributed by atoms with Crippen molar-refractivity contribution in [2.75, 3.05) is 13.1 Å². The van der Waals surface area contributed by atoms with Crippen LogP contribution in [0.1, 0.15) is 66.2 Å². The van der Waals surface area contributed by atoms with Gasteiger partial charge >= 0.3 is 0 Å². The first-order valence-corrected chi connectivity index (χ1v) is 8.17. The molecule has 0 spiro atoms. The molecule has 1 unspecified atom stereocenters. The highest BCUT2D eigenvalue weighted by molar-refractivity contribution is 4.83. The third kappa shape index (κ3) is 4.26. The van der Waals surface area contributed by atoms with E-state index in [1.165, 1.54) is 51.6 Å². The van der Waals surface area contributed by atoms with Crippen LogP contribution in [0.3, 0.4) is 0 Å². The van der Waals surface area contributed by atoms with Crippen LogP contribution < -0.4 is 5.32 Å². The summed E-state index contributed by atoms with van der Waals surface area (Å²) in [5, 5.41) is 3.73. The van der Waals surface area contributed by atoms with Gasteiger partial charge in [0.1, 0.15) is 0 Å². The minimum Gasteiger partial charge on any atom is -0.316 e. The van der Waals surface area contributed by atoms with E-state index < -0.39 is 0 Å². The van der Waals surface area contributed by atoms with Gasteiger partial charge in [-0.15, -0.1) is 0 Å². The number of nitrogens with one attached hydrogen (secondary N) is 1. The standard InChI is InChI=1S/C17H33N/c1-13(15-7-8-15)11-18-12-14-5-9-16(10-6-14)17(2,3)4/h13-16,18H,5-12H2,1-4H3. The van der Waals surface area contributed by atoms with Gasteiger partial charge in [0.2, 0.25) is 0 Å². The summed E-state index contributed by atoms with van der Waals surface area (Å²) in [6, 6.07) is 0. The SMILES string of the molecule is CC(CNCC1CCC(C(C)(C)C)CC1)C1CC1. The first-order chi connectivity index (χ1) is 8.47. The van der Waals surface area contributed by atoms with Gasteiger partial charge in [0.05, 0.1) is 0 Å². The smallest absolute Gasteiger partial charge is 0.00204 e. The van der Waals surface area contributed by atoms with Crippen LogP contribution >= 0.6 is 0 Å². The van der Waals surface area contributed by atoms with Crippen molar-refractivity contribution < 1.29 is 0 Å². The van der Waals surface area contributed by atoms with Crippen molar-refractivity contribution in [1.29, 1.82) is 0 Å². The molecular weight excluding hydrogens is 218 g/mol. The second-order valence-electron chi connectivity index (χ2n) is 8.06. The van der Waals surface area contributed by atoms with Gasteiger partial charge in [-0.1, -0.05) is 27.7 Å². The molecule has 2 fully saturated rings. The van der Waals surface area contributed by atoms with Gasteiger partial charge < -0.3 is 5.32 Å². The summed E-state index contributed by atoms with van der Waals surface area (Å²) in [4.78, 5) is 0. The van der Waals surface area contributed by atoms with Crippen molar-refractivity contribution >= 4 is 0 Å². The Morgan fingerprint density at radius 2 is 1.61 bits per heavy atom. The minimum atomic E-state index is 0.527. The van der Waals surface area contributed by atoms with Gasteiger partial charge in [-0.05, 0) is 80.7 Å². The molecule has 0 radical (unpaired) electrons.